The van der Waals surface area contributed by atoms with E-state index in [2.05, 4.69) is 35.1 Å². The van der Waals surface area contributed by atoms with E-state index in [0.717, 1.165) is 22.3 Å². The average Bonchev–Trinajstić information content (AvgIpc) is 3.34. The summed E-state index contributed by atoms with van der Waals surface area (Å²) in [5.41, 5.74) is 5.76. The molecule has 0 saturated heterocycles. The van der Waals surface area contributed by atoms with Crippen molar-refractivity contribution < 1.29 is 23.1 Å². The van der Waals surface area contributed by atoms with Gasteiger partial charge in [0.25, 0.3) is 0 Å². The zero-order valence-corrected chi connectivity index (χ0v) is 21.1. The van der Waals surface area contributed by atoms with Gasteiger partial charge in [-0.15, -0.1) is 0 Å². The van der Waals surface area contributed by atoms with Gasteiger partial charge < -0.3 is 9.84 Å². The molecule has 0 unspecified atom stereocenters. The molecule has 0 bridgehead atoms. The quantitative estimate of drug-likeness (QED) is 0.423. The van der Waals surface area contributed by atoms with E-state index < -0.39 is 16.2 Å². The molecule has 0 aromatic heterocycles. The van der Waals surface area contributed by atoms with Crippen molar-refractivity contribution in [1.29, 1.82) is 0 Å². The van der Waals surface area contributed by atoms with E-state index in [9.17, 15) is 18.3 Å². The largest absolute Gasteiger partial charge is 0.495 e. The van der Waals surface area contributed by atoms with Gasteiger partial charge in [0.05, 0.1) is 18.4 Å². The molecule has 2 N–H and O–H groups in total. The maximum absolute atomic E-state index is 13.1. The van der Waals surface area contributed by atoms with E-state index >= 15 is 0 Å². The lowest BCUT2D eigenvalue weighted by Crippen LogP contribution is -2.31. The third-order valence-electron chi connectivity index (χ3n) is 7.25. The summed E-state index contributed by atoms with van der Waals surface area (Å²) in [6.07, 6.45) is 6.51. The fourth-order valence-electron chi connectivity index (χ4n) is 5.21. The Morgan fingerprint density at radius 1 is 0.917 bits per heavy atom. The number of methoxy groups -OCH3 is 1. The molecule has 36 heavy (non-hydrogen) atoms. The number of nitrogens with zero attached hydrogens (tertiary/aromatic N) is 1. The maximum Gasteiger partial charge on any atom is 0.335 e. The molecule has 3 aromatic rings. The molecule has 1 aliphatic carbocycles. The van der Waals surface area contributed by atoms with Crippen LogP contribution >= 0.6 is 0 Å². The van der Waals surface area contributed by atoms with Crippen LogP contribution in [-0.4, -0.2) is 30.9 Å². The summed E-state index contributed by atoms with van der Waals surface area (Å²) in [7, 11) is -2.52. The highest BCUT2D eigenvalue weighted by Gasteiger charge is 2.30. The van der Waals surface area contributed by atoms with Crippen molar-refractivity contribution in [2.24, 2.45) is 0 Å². The number of carboxylic acids is 1. The van der Waals surface area contributed by atoms with Gasteiger partial charge in [0, 0.05) is 13.1 Å². The van der Waals surface area contributed by atoms with Crippen LogP contribution in [0.2, 0.25) is 0 Å². The second-order valence-corrected chi connectivity index (χ2v) is 11.2. The molecular formula is C28H30N2O5S. The van der Waals surface area contributed by atoms with Gasteiger partial charge in [0.2, 0.25) is 0 Å². The van der Waals surface area contributed by atoms with Gasteiger partial charge in [-0.1, -0.05) is 55.7 Å². The molecule has 1 fully saturated rings. The first-order valence-electron chi connectivity index (χ1n) is 12.3. The topological polar surface area (TPSA) is 95.9 Å². The number of rotatable bonds is 7. The highest BCUT2D eigenvalue weighted by atomic mass is 32.2. The normalized spacial score (nSPS) is 16.5. The van der Waals surface area contributed by atoms with Crippen molar-refractivity contribution in [3.8, 4) is 16.9 Å². The minimum absolute atomic E-state index is 0.0164. The van der Waals surface area contributed by atoms with Crippen LogP contribution < -0.4 is 9.46 Å². The Bertz CT molecular complexity index is 1380. The van der Waals surface area contributed by atoms with E-state index in [1.165, 1.54) is 67.3 Å². The lowest BCUT2D eigenvalue weighted by atomic mass is 9.83. The Morgan fingerprint density at radius 3 is 2.31 bits per heavy atom. The summed E-state index contributed by atoms with van der Waals surface area (Å²) in [5.74, 6) is -0.302. The second-order valence-electron chi connectivity index (χ2n) is 9.54. The number of anilines is 1. The Labute approximate surface area is 211 Å². The van der Waals surface area contributed by atoms with Gasteiger partial charge in [0.1, 0.15) is 5.75 Å². The summed E-state index contributed by atoms with van der Waals surface area (Å²) in [4.78, 5) is 11.2. The average molecular weight is 507 g/mol. The smallest absolute Gasteiger partial charge is 0.335 e. The van der Waals surface area contributed by atoms with Crippen LogP contribution in [0.4, 0.5) is 5.69 Å². The molecule has 188 valence electrons. The predicted octanol–water partition coefficient (Wildman–Crippen LogP) is 5.78. The van der Waals surface area contributed by atoms with E-state index in [1.54, 1.807) is 0 Å². The third-order valence-corrected chi connectivity index (χ3v) is 8.66. The number of benzene rings is 3. The van der Waals surface area contributed by atoms with Crippen LogP contribution in [0.25, 0.3) is 11.1 Å². The molecule has 1 saturated carbocycles. The van der Waals surface area contributed by atoms with Crippen LogP contribution in [0.15, 0.2) is 60.7 Å². The molecule has 1 heterocycles. The van der Waals surface area contributed by atoms with E-state index in [4.69, 9.17) is 4.74 Å². The molecule has 3 aromatic carbocycles. The van der Waals surface area contributed by atoms with Crippen LogP contribution in [0.5, 0.6) is 5.75 Å². The number of nitrogens with one attached hydrogen (secondary N) is 1. The summed E-state index contributed by atoms with van der Waals surface area (Å²) in [6.45, 7) is 0.523. The molecule has 8 heteroatoms. The summed E-state index contributed by atoms with van der Waals surface area (Å²) in [5, 5.41) is 9.18. The summed E-state index contributed by atoms with van der Waals surface area (Å²) < 4.78 is 35.4. The van der Waals surface area contributed by atoms with E-state index in [0.29, 0.717) is 5.92 Å². The van der Waals surface area contributed by atoms with Gasteiger partial charge in [-0.3, -0.25) is 4.72 Å². The van der Waals surface area contributed by atoms with Gasteiger partial charge in [-0.25, -0.2) is 4.79 Å². The van der Waals surface area contributed by atoms with E-state index in [1.807, 2.05) is 12.1 Å². The van der Waals surface area contributed by atoms with Gasteiger partial charge in [-0.2, -0.15) is 12.7 Å². The van der Waals surface area contributed by atoms with E-state index in [-0.39, 0.29) is 30.1 Å². The molecule has 0 atom stereocenters. The first kappa shape index (κ1) is 24.3. The summed E-state index contributed by atoms with van der Waals surface area (Å²) in [6, 6.07) is 19.0. The molecule has 7 nitrogen and oxygen atoms in total. The first-order chi connectivity index (χ1) is 17.3. The number of hydrogen-bond donors (Lipinski definition) is 2. The number of ether oxygens (including phenoxy) is 1. The number of hydrogen-bond acceptors (Lipinski definition) is 4. The van der Waals surface area contributed by atoms with Gasteiger partial charge >= 0.3 is 16.2 Å². The third kappa shape index (κ3) is 4.96. The van der Waals surface area contributed by atoms with Crippen molar-refractivity contribution in [2.75, 3.05) is 11.8 Å². The molecular weight excluding hydrogens is 476 g/mol. The predicted molar refractivity (Wildman–Crippen MR) is 139 cm³/mol. The standard InChI is InChI=1S/C28H30N2O5S/c1-35-27-16-23(28(31)32)13-14-26(27)29-36(33,34)30-17-24-12-11-22(15-25(24)18-30)21-9-7-20(8-10-21)19-5-3-2-4-6-19/h7-16,19,29H,2-6,17-18H2,1H3,(H,31,32). The fraction of sp³-hybridized carbons (Fsp3) is 0.321. The Kier molecular flexibility index (Phi) is 6.73. The lowest BCUT2D eigenvalue weighted by molar-refractivity contribution is 0.0696. The molecule has 2 aliphatic rings. The first-order valence-corrected chi connectivity index (χ1v) is 13.7. The van der Waals surface area contributed by atoms with Crippen LogP contribution in [0, 0.1) is 0 Å². The lowest BCUT2D eigenvalue weighted by Gasteiger charge is -2.22. The van der Waals surface area contributed by atoms with Crippen molar-refractivity contribution in [1.82, 2.24) is 4.31 Å². The number of aromatic carboxylic acids is 1. The minimum atomic E-state index is -3.89. The zero-order valence-electron chi connectivity index (χ0n) is 20.2. The monoisotopic (exact) mass is 506 g/mol. The van der Waals surface area contributed by atoms with Crippen molar-refractivity contribution >= 4 is 21.9 Å². The zero-order chi connectivity index (χ0) is 25.3. The molecule has 1 aliphatic heterocycles. The highest BCUT2D eigenvalue weighted by Crippen LogP contribution is 2.35. The number of carbonyl (C=O) groups is 1. The van der Waals surface area contributed by atoms with Crippen molar-refractivity contribution in [2.45, 2.75) is 51.1 Å². The van der Waals surface area contributed by atoms with Crippen LogP contribution in [-0.2, 0) is 23.3 Å². The van der Waals surface area contributed by atoms with Gasteiger partial charge in [0.15, 0.2) is 0 Å². The Hall–Kier alpha value is -3.36. The molecule has 0 spiro atoms. The van der Waals surface area contributed by atoms with Gasteiger partial charge in [-0.05, 0) is 70.8 Å². The summed E-state index contributed by atoms with van der Waals surface area (Å²) >= 11 is 0. The van der Waals surface area contributed by atoms with Crippen LogP contribution in [0.1, 0.15) is 65.1 Å². The molecule has 5 rings (SSSR count). The Balaban J connectivity index is 1.31. The van der Waals surface area contributed by atoms with Crippen molar-refractivity contribution in [3.05, 3.63) is 82.9 Å². The number of fused-ring (bicyclic) bond motifs is 1. The molecule has 0 radical (unpaired) electrons. The molecule has 0 amide bonds. The minimum Gasteiger partial charge on any atom is -0.495 e. The maximum atomic E-state index is 13.1. The number of carboxylic acid groups (broad SMARTS) is 1. The SMILES string of the molecule is COc1cc(C(=O)O)ccc1NS(=O)(=O)N1Cc2ccc(-c3ccc(C4CCCCC4)cc3)cc2C1. The Morgan fingerprint density at radius 2 is 1.61 bits per heavy atom. The highest BCUT2D eigenvalue weighted by molar-refractivity contribution is 7.90. The van der Waals surface area contributed by atoms with Crippen molar-refractivity contribution in [3.63, 3.8) is 0 Å². The fourth-order valence-corrected chi connectivity index (χ4v) is 6.40. The van der Waals surface area contributed by atoms with Crippen LogP contribution in [0.3, 0.4) is 0 Å². The second kappa shape index (κ2) is 9.95.